The Morgan fingerprint density at radius 2 is 1.70 bits per heavy atom. The van der Waals surface area contributed by atoms with E-state index in [-0.39, 0.29) is 5.69 Å². The minimum Gasteiger partial charge on any atom is -0.397 e. The number of benzene rings is 1. The molecule has 1 aromatic rings. The highest BCUT2D eigenvalue weighted by Gasteiger charge is 2.33. The Hall–Kier alpha value is -1.39. The Bertz CT molecular complexity index is 513. The van der Waals surface area contributed by atoms with Crippen molar-refractivity contribution in [3.05, 3.63) is 23.8 Å². The Morgan fingerprint density at radius 1 is 1.04 bits per heavy atom. The van der Waals surface area contributed by atoms with Gasteiger partial charge in [-0.2, -0.15) is 13.2 Å². The van der Waals surface area contributed by atoms with Crippen LogP contribution in [0, 0.1) is 11.8 Å². The van der Waals surface area contributed by atoms with Crippen LogP contribution in [0.1, 0.15) is 51.5 Å². The first kappa shape index (κ1) is 18.0. The summed E-state index contributed by atoms with van der Waals surface area (Å²) in [5.74, 6) is 1.47. The third-order valence-electron chi connectivity index (χ3n) is 4.99. The first-order valence-corrected chi connectivity index (χ1v) is 8.67. The van der Waals surface area contributed by atoms with Crippen LogP contribution in [0.3, 0.4) is 0 Å². The Kier molecular flexibility index (Phi) is 5.82. The number of nitrogen functional groups attached to an aromatic ring is 1. The fraction of sp³-hybridized carbons (Fsp3) is 0.667. The van der Waals surface area contributed by atoms with Crippen molar-refractivity contribution in [2.75, 3.05) is 23.7 Å². The fourth-order valence-corrected chi connectivity index (χ4v) is 3.84. The molecule has 2 aliphatic rings. The average molecular weight is 328 g/mol. The normalized spacial score (nSPS) is 24.5. The molecule has 3 rings (SSSR count). The van der Waals surface area contributed by atoms with Crippen molar-refractivity contribution in [2.24, 2.45) is 11.8 Å². The average Bonchev–Trinajstić information content (AvgIpc) is 2.55. The molecular weight excluding hydrogens is 301 g/mol. The summed E-state index contributed by atoms with van der Waals surface area (Å²) >= 11 is 0. The second-order valence-corrected chi connectivity index (χ2v) is 6.31. The summed E-state index contributed by atoms with van der Waals surface area (Å²) in [5, 5.41) is 0. The molecule has 1 aromatic carbocycles. The van der Waals surface area contributed by atoms with Gasteiger partial charge in [0.2, 0.25) is 0 Å². The van der Waals surface area contributed by atoms with Gasteiger partial charge in [-0.25, -0.2) is 0 Å². The second-order valence-electron chi connectivity index (χ2n) is 6.31. The number of nitrogens with zero attached hydrogens (tertiary/aromatic N) is 1. The first-order chi connectivity index (χ1) is 10.9. The number of hydrogen-bond acceptors (Lipinski definition) is 2. The van der Waals surface area contributed by atoms with Gasteiger partial charge >= 0.3 is 6.18 Å². The number of nitrogens with two attached hydrogens (primary N) is 1. The summed E-state index contributed by atoms with van der Waals surface area (Å²) in [6.07, 6.45) is 1.94. The smallest absolute Gasteiger partial charge is 0.397 e. The highest BCUT2D eigenvalue weighted by molar-refractivity contribution is 5.69. The second kappa shape index (κ2) is 7.45. The van der Waals surface area contributed by atoms with E-state index in [0.29, 0.717) is 5.92 Å². The summed E-state index contributed by atoms with van der Waals surface area (Å²) in [4.78, 5) is 2.17. The van der Waals surface area contributed by atoms with Crippen molar-refractivity contribution in [1.82, 2.24) is 0 Å². The first-order valence-electron chi connectivity index (χ1n) is 8.67. The molecule has 1 aliphatic carbocycles. The largest absolute Gasteiger partial charge is 0.416 e. The molecule has 1 saturated heterocycles. The van der Waals surface area contributed by atoms with E-state index in [0.717, 1.165) is 43.2 Å². The molecule has 5 heteroatoms. The molecule has 0 aromatic heterocycles. The Labute approximate surface area is 136 Å². The highest BCUT2D eigenvalue weighted by atomic mass is 19.4. The lowest BCUT2D eigenvalue weighted by Gasteiger charge is -2.42. The van der Waals surface area contributed by atoms with Crippen LogP contribution in [0.15, 0.2) is 18.2 Å². The molecule has 0 spiro atoms. The SMILES string of the molecule is CC.Nc1cc(C(F)(F)F)ccc1N1CCC2CCCCC2C1. The van der Waals surface area contributed by atoms with Gasteiger partial charge in [0.15, 0.2) is 0 Å². The van der Waals surface area contributed by atoms with Gasteiger partial charge in [0, 0.05) is 13.1 Å². The number of hydrogen-bond donors (Lipinski definition) is 1. The molecule has 1 aliphatic heterocycles. The van der Waals surface area contributed by atoms with E-state index in [2.05, 4.69) is 4.90 Å². The highest BCUT2D eigenvalue weighted by Crippen LogP contribution is 2.40. The van der Waals surface area contributed by atoms with E-state index >= 15 is 0 Å². The van der Waals surface area contributed by atoms with Crippen LogP contribution in [-0.2, 0) is 6.18 Å². The lowest BCUT2D eigenvalue weighted by atomic mass is 9.75. The summed E-state index contributed by atoms with van der Waals surface area (Å²) in [6.45, 7) is 5.83. The van der Waals surface area contributed by atoms with Crippen molar-refractivity contribution in [2.45, 2.75) is 52.1 Å². The van der Waals surface area contributed by atoms with E-state index in [1.54, 1.807) is 0 Å². The quantitative estimate of drug-likeness (QED) is 0.706. The summed E-state index contributed by atoms with van der Waals surface area (Å²) < 4.78 is 38.1. The molecule has 1 saturated carbocycles. The maximum absolute atomic E-state index is 12.7. The van der Waals surface area contributed by atoms with Crippen molar-refractivity contribution in [3.8, 4) is 0 Å². The zero-order valence-electron chi connectivity index (χ0n) is 14.0. The van der Waals surface area contributed by atoms with Crippen LogP contribution >= 0.6 is 0 Å². The fourth-order valence-electron chi connectivity index (χ4n) is 3.84. The van der Waals surface area contributed by atoms with Gasteiger partial charge in [-0.1, -0.05) is 33.1 Å². The number of rotatable bonds is 1. The number of alkyl halides is 3. The van der Waals surface area contributed by atoms with Gasteiger partial charge in [-0.15, -0.1) is 0 Å². The molecule has 1 heterocycles. The van der Waals surface area contributed by atoms with Gasteiger partial charge in [0.1, 0.15) is 0 Å². The van der Waals surface area contributed by atoms with Gasteiger partial charge in [-0.3, -0.25) is 0 Å². The minimum atomic E-state index is -4.33. The van der Waals surface area contributed by atoms with E-state index in [4.69, 9.17) is 5.73 Å². The maximum atomic E-state index is 12.7. The van der Waals surface area contributed by atoms with Crippen molar-refractivity contribution in [1.29, 1.82) is 0 Å². The van der Waals surface area contributed by atoms with Crippen molar-refractivity contribution >= 4 is 11.4 Å². The topological polar surface area (TPSA) is 29.3 Å². The van der Waals surface area contributed by atoms with Crippen LogP contribution in [-0.4, -0.2) is 13.1 Å². The van der Waals surface area contributed by atoms with E-state index in [1.807, 2.05) is 13.8 Å². The third-order valence-corrected chi connectivity index (χ3v) is 4.99. The minimum absolute atomic E-state index is 0.235. The summed E-state index contributed by atoms with van der Waals surface area (Å²) in [6, 6.07) is 3.72. The van der Waals surface area contributed by atoms with Gasteiger partial charge in [0.25, 0.3) is 0 Å². The molecule has 2 nitrogen and oxygen atoms in total. The maximum Gasteiger partial charge on any atom is 0.416 e. The number of fused-ring (bicyclic) bond motifs is 1. The van der Waals surface area contributed by atoms with E-state index in [1.165, 1.54) is 31.7 Å². The predicted octanol–water partition coefficient (Wildman–Crippen LogP) is 5.33. The monoisotopic (exact) mass is 328 g/mol. The molecule has 2 unspecified atom stereocenters. The molecule has 2 N–H and O–H groups in total. The third kappa shape index (κ3) is 4.12. The van der Waals surface area contributed by atoms with E-state index in [9.17, 15) is 13.2 Å². The van der Waals surface area contributed by atoms with Crippen LogP contribution in [0.2, 0.25) is 0 Å². The summed E-state index contributed by atoms with van der Waals surface area (Å²) in [5.41, 5.74) is 6.20. The molecular formula is C18H27F3N2. The zero-order chi connectivity index (χ0) is 17.0. The number of halogens is 3. The standard InChI is InChI=1S/C16H21F3N2.C2H6/c17-16(18,19)13-5-6-15(14(20)9-13)21-8-7-11-3-1-2-4-12(11)10-21;1-2/h5-6,9,11-12H,1-4,7-8,10,20H2;1-2H3. The van der Waals surface area contributed by atoms with Crippen molar-refractivity contribution < 1.29 is 13.2 Å². The summed E-state index contributed by atoms with van der Waals surface area (Å²) in [7, 11) is 0. The van der Waals surface area contributed by atoms with Crippen LogP contribution < -0.4 is 10.6 Å². The lowest BCUT2D eigenvalue weighted by molar-refractivity contribution is -0.137. The molecule has 2 fully saturated rings. The van der Waals surface area contributed by atoms with Gasteiger partial charge < -0.3 is 10.6 Å². The molecule has 0 amide bonds. The molecule has 2 atom stereocenters. The van der Waals surface area contributed by atoms with E-state index < -0.39 is 11.7 Å². The molecule has 0 bridgehead atoms. The van der Waals surface area contributed by atoms with Crippen LogP contribution in [0.5, 0.6) is 0 Å². The molecule has 0 radical (unpaired) electrons. The Balaban J connectivity index is 0.000000924. The lowest BCUT2D eigenvalue weighted by Crippen LogP contribution is -2.42. The van der Waals surface area contributed by atoms with Crippen LogP contribution in [0.25, 0.3) is 0 Å². The van der Waals surface area contributed by atoms with Gasteiger partial charge in [0.05, 0.1) is 16.9 Å². The van der Waals surface area contributed by atoms with Crippen molar-refractivity contribution in [3.63, 3.8) is 0 Å². The van der Waals surface area contributed by atoms with Crippen LogP contribution in [0.4, 0.5) is 24.5 Å². The molecule has 130 valence electrons. The molecule has 23 heavy (non-hydrogen) atoms. The number of anilines is 2. The zero-order valence-corrected chi connectivity index (χ0v) is 14.0. The predicted molar refractivity (Wildman–Crippen MR) is 89.5 cm³/mol. The van der Waals surface area contributed by atoms with Gasteiger partial charge in [-0.05, 0) is 42.9 Å². The number of piperidine rings is 1. The Morgan fingerprint density at radius 3 is 2.30 bits per heavy atom.